The lowest BCUT2D eigenvalue weighted by Crippen LogP contribution is -2.38. The highest BCUT2D eigenvalue weighted by atomic mass is 127. The molecule has 0 atom stereocenters. The summed E-state index contributed by atoms with van der Waals surface area (Å²) in [6, 6.07) is 3.76. The highest BCUT2D eigenvalue weighted by Gasteiger charge is 2.10. The molecule has 1 N–H and O–H groups in total. The monoisotopic (exact) mass is 423 g/mol. The van der Waals surface area contributed by atoms with Crippen LogP contribution in [0.25, 0.3) is 0 Å². The molecule has 0 aliphatic heterocycles. The van der Waals surface area contributed by atoms with E-state index in [9.17, 15) is 0 Å². The third-order valence-corrected chi connectivity index (χ3v) is 3.17. The zero-order chi connectivity index (χ0) is 14.5. The van der Waals surface area contributed by atoms with Gasteiger partial charge in [-0.1, -0.05) is 16.8 Å². The van der Waals surface area contributed by atoms with Crippen molar-refractivity contribution in [2.75, 3.05) is 14.1 Å². The van der Waals surface area contributed by atoms with Gasteiger partial charge in [0.25, 0.3) is 0 Å². The highest BCUT2D eigenvalue weighted by molar-refractivity contribution is 14.0. The summed E-state index contributed by atoms with van der Waals surface area (Å²) < 4.78 is 6.80. The van der Waals surface area contributed by atoms with Gasteiger partial charge in [0.15, 0.2) is 5.96 Å². The van der Waals surface area contributed by atoms with E-state index in [1.54, 1.807) is 13.3 Å². The number of aryl methyl sites for hydroxylation is 1. The summed E-state index contributed by atoms with van der Waals surface area (Å²) in [4.78, 5) is 6.27. The van der Waals surface area contributed by atoms with Crippen LogP contribution in [0.4, 0.5) is 0 Å². The molecule has 0 amide bonds. The van der Waals surface area contributed by atoms with Gasteiger partial charge in [-0.3, -0.25) is 4.99 Å². The molecular weight excluding hydrogens is 405 g/mol. The average Bonchev–Trinajstić information content (AvgIpc) is 3.01. The normalized spacial score (nSPS) is 11.1. The molecule has 6 nitrogen and oxygen atoms in total. The second-order valence-corrected chi connectivity index (χ2v) is 4.94. The van der Waals surface area contributed by atoms with Gasteiger partial charge in [0.2, 0.25) is 0 Å². The molecule has 2 aromatic rings. The first kappa shape index (κ1) is 17.8. The Morgan fingerprint density at radius 2 is 2.33 bits per heavy atom. The molecule has 0 saturated carbocycles. The molecule has 0 saturated heterocycles. The third-order valence-electron chi connectivity index (χ3n) is 2.97. The van der Waals surface area contributed by atoms with Crippen molar-refractivity contribution in [2.45, 2.75) is 13.1 Å². The van der Waals surface area contributed by atoms with Crippen molar-refractivity contribution in [1.82, 2.24) is 19.9 Å². The summed E-state index contributed by atoms with van der Waals surface area (Å²) >= 11 is 5.99. The summed E-state index contributed by atoms with van der Waals surface area (Å²) in [6.45, 7) is 1.28. The van der Waals surface area contributed by atoms with Crippen molar-refractivity contribution >= 4 is 41.5 Å². The van der Waals surface area contributed by atoms with Crippen molar-refractivity contribution in [3.63, 3.8) is 0 Å². The Kier molecular flexibility index (Phi) is 7.03. The van der Waals surface area contributed by atoms with Crippen molar-refractivity contribution in [2.24, 2.45) is 12.0 Å². The van der Waals surface area contributed by atoms with Crippen molar-refractivity contribution in [3.05, 3.63) is 41.0 Å². The lowest BCUT2D eigenvalue weighted by Gasteiger charge is -2.22. The Bertz CT molecular complexity index is 581. The summed E-state index contributed by atoms with van der Waals surface area (Å²) in [5, 5.41) is 7.82. The minimum absolute atomic E-state index is 0. The van der Waals surface area contributed by atoms with Gasteiger partial charge in [-0.15, -0.1) is 24.0 Å². The molecule has 116 valence electrons. The van der Waals surface area contributed by atoms with Gasteiger partial charge >= 0.3 is 0 Å². The number of hydrogen-bond acceptors (Lipinski definition) is 3. The van der Waals surface area contributed by atoms with Crippen LogP contribution >= 0.6 is 35.6 Å². The number of nitrogens with zero attached hydrogens (tertiary/aromatic N) is 4. The number of aliphatic imine (C=N–C) groups is 1. The summed E-state index contributed by atoms with van der Waals surface area (Å²) in [7, 11) is 5.69. The van der Waals surface area contributed by atoms with E-state index < -0.39 is 0 Å². The van der Waals surface area contributed by atoms with Gasteiger partial charge in [0.05, 0.1) is 18.1 Å². The van der Waals surface area contributed by atoms with Crippen LogP contribution in [0.5, 0.6) is 0 Å². The van der Waals surface area contributed by atoms with Gasteiger partial charge in [0.1, 0.15) is 12.0 Å². The first-order valence-corrected chi connectivity index (χ1v) is 6.59. The number of aromatic nitrogens is 2. The zero-order valence-corrected chi connectivity index (χ0v) is 15.3. The number of rotatable bonds is 4. The molecule has 21 heavy (non-hydrogen) atoms. The van der Waals surface area contributed by atoms with E-state index in [-0.39, 0.29) is 24.0 Å². The summed E-state index contributed by atoms with van der Waals surface area (Å²) in [5.41, 5.74) is 1.95. The molecule has 2 heterocycles. The maximum atomic E-state index is 5.99. The molecule has 0 radical (unpaired) electrons. The zero-order valence-electron chi connectivity index (χ0n) is 12.2. The Hall–Kier alpha value is -1.22. The lowest BCUT2D eigenvalue weighted by molar-refractivity contribution is 0.408. The standard InChI is InChI=1S/C13H18ClN5O.HI/c1-15-13(16-7-11-4-5-20-17-11)19(3)9-12-6-10(14)8-18(12)2;/h4-6,8H,7,9H2,1-3H3,(H,15,16);1H. The van der Waals surface area contributed by atoms with E-state index in [0.717, 1.165) is 22.4 Å². The number of guanidine groups is 1. The van der Waals surface area contributed by atoms with E-state index in [1.165, 1.54) is 0 Å². The minimum atomic E-state index is 0. The average molecular weight is 424 g/mol. The van der Waals surface area contributed by atoms with Crippen LogP contribution in [0.1, 0.15) is 11.4 Å². The predicted octanol–water partition coefficient (Wildman–Crippen LogP) is 2.49. The fourth-order valence-corrected chi connectivity index (χ4v) is 2.20. The Balaban J connectivity index is 0.00000220. The fourth-order valence-electron chi connectivity index (χ4n) is 1.92. The van der Waals surface area contributed by atoms with Gasteiger partial charge in [-0.2, -0.15) is 0 Å². The molecule has 8 heteroatoms. The molecule has 0 aliphatic carbocycles. The van der Waals surface area contributed by atoms with Crippen LogP contribution in [-0.2, 0) is 20.1 Å². The molecule has 0 spiro atoms. The third kappa shape index (κ3) is 4.92. The van der Waals surface area contributed by atoms with E-state index >= 15 is 0 Å². The summed E-state index contributed by atoms with van der Waals surface area (Å²) in [6.07, 6.45) is 3.44. The fraction of sp³-hybridized carbons (Fsp3) is 0.385. The van der Waals surface area contributed by atoms with E-state index in [4.69, 9.17) is 16.1 Å². The summed E-state index contributed by atoms with van der Waals surface area (Å²) in [5.74, 6) is 0.783. The first-order valence-electron chi connectivity index (χ1n) is 6.22. The predicted molar refractivity (Wildman–Crippen MR) is 94.0 cm³/mol. The highest BCUT2D eigenvalue weighted by Crippen LogP contribution is 2.14. The van der Waals surface area contributed by atoms with Gasteiger partial charge in [0, 0.05) is 39.1 Å². The van der Waals surface area contributed by atoms with E-state index in [2.05, 4.69) is 15.5 Å². The lowest BCUT2D eigenvalue weighted by atomic mass is 10.4. The molecule has 0 aromatic carbocycles. The SMILES string of the molecule is CN=C(NCc1ccon1)N(C)Cc1cc(Cl)cn1C.I. The second kappa shape index (κ2) is 8.28. The maximum absolute atomic E-state index is 5.99. The van der Waals surface area contributed by atoms with E-state index in [0.29, 0.717) is 13.1 Å². The molecule has 0 bridgehead atoms. The molecule has 2 aromatic heterocycles. The van der Waals surface area contributed by atoms with Crippen molar-refractivity contribution in [3.8, 4) is 0 Å². The van der Waals surface area contributed by atoms with Gasteiger partial charge < -0.3 is 19.3 Å². The smallest absolute Gasteiger partial charge is 0.194 e. The van der Waals surface area contributed by atoms with Gasteiger partial charge in [-0.05, 0) is 6.07 Å². The van der Waals surface area contributed by atoms with Crippen molar-refractivity contribution < 1.29 is 4.52 Å². The largest absolute Gasteiger partial charge is 0.364 e. The Morgan fingerprint density at radius 1 is 1.57 bits per heavy atom. The maximum Gasteiger partial charge on any atom is 0.194 e. The van der Waals surface area contributed by atoms with Crippen LogP contribution in [0.2, 0.25) is 5.02 Å². The molecule has 0 aliphatic rings. The second-order valence-electron chi connectivity index (χ2n) is 4.51. The van der Waals surface area contributed by atoms with Crippen LogP contribution < -0.4 is 5.32 Å². The number of nitrogens with one attached hydrogen (secondary N) is 1. The molecule has 2 rings (SSSR count). The van der Waals surface area contributed by atoms with Crippen molar-refractivity contribution in [1.29, 1.82) is 0 Å². The van der Waals surface area contributed by atoms with Crippen LogP contribution in [0, 0.1) is 0 Å². The first-order chi connectivity index (χ1) is 9.60. The molecule has 0 unspecified atom stereocenters. The molecule has 0 fully saturated rings. The Morgan fingerprint density at radius 3 is 2.86 bits per heavy atom. The Labute approximate surface area is 146 Å². The number of hydrogen-bond donors (Lipinski definition) is 1. The van der Waals surface area contributed by atoms with Crippen LogP contribution in [0.3, 0.4) is 0 Å². The van der Waals surface area contributed by atoms with Crippen LogP contribution in [-0.4, -0.2) is 34.7 Å². The van der Waals surface area contributed by atoms with E-state index in [1.807, 2.05) is 41.9 Å². The van der Waals surface area contributed by atoms with Crippen LogP contribution in [0.15, 0.2) is 34.1 Å². The quantitative estimate of drug-likeness (QED) is 0.466. The van der Waals surface area contributed by atoms with Gasteiger partial charge in [-0.25, -0.2) is 0 Å². The minimum Gasteiger partial charge on any atom is -0.364 e. The topological polar surface area (TPSA) is 58.6 Å². The number of halogens is 2. The molecular formula is C13H19ClIN5O.